The molecule has 0 aliphatic heterocycles. The Hall–Kier alpha value is -0.0200. The van der Waals surface area contributed by atoms with Crippen LogP contribution in [0.2, 0.25) is 0 Å². The Morgan fingerprint density at radius 2 is 2.50 bits per heavy atom. The quantitative estimate of drug-likeness (QED) is 0.635. The van der Waals surface area contributed by atoms with Gasteiger partial charge < -0.3 is 0 Å². The van der Waals surface area contributed by atoms with Gasteiger partial charge in [0.25, 0.3) is 0 Å². The summed E-state index contributed by atoms with van der Waals surface area (Å²) in [6.07, 6.45) is 6.82. The van der Waals surface area contributed by atoms with E-state index in [1.54, 1.807) is 11.8 Å². The summed E-state index contributed by atoms with van der Waals surface area (Å²) in [5, 5.41) is 1.35. The van der Waals surface area contributed by atoms with E-state index in [4.69, 9.17) is 0 Å². The Morgan fingerprint density at radius 1 is 1.70 bits per heavy atom. The Balaban J connectivity index is 2.19. The Kier molecular flexibility index (Phi) is 1.70. The summed E-state index contributed by atoms with van der Waals surface area (Å²) in [7, 11) is 0. The van der Waals surface area contributed by atoms with Gasteiger partial charge in [-0.25, -0.2) is 4.98 Å². The summed E-state index contributed by atoms with van der Waals surface area (Å²) in [5.41, 5.74) is 0. The van der Waals surface area contributed by atoms with Crippen LogP contribution in [0.5, 0.6) is 0 Å². The van der Waals surface area contributed by atoms with E-state index in [1.807, 2.05) is 17.5 Å². The molecular formula is C7H9NS2. The maximum absolute atomic E-state index is 4.35. The third-order valence-electron chi connectivity index (χ3n) is 1.63. The Morgan fingerprint density at radius 3 is 3.00 bits per heavy atom. The molecular weight excluding hydrogens is 162 g/mol. The van der Waals surface area contributed by atoms with Crippen molar-refractivity contribution in [3.8, 4) is 0 Å². The molecule has 3 heteroatoms. The summed E-state index contributed by atoms with van der Waals surface area (Å²) >= 11 is 3.65. The van der Waals surface area contributed by atoms with Gasteiger partial charge in [0, 0.05) is 5.92 Å². The topological polar surface area (TPSA) is 12.9 Å². The number of rotatable bonds is 2. The Bertz CT molecular complexity index is 227. The highest BCUT2D eigenvalue weighted by molar-refractivity contribution is 8.00. The second-order valence-electron chi connectivity index (χ2n) is 2.50. The maximum Gasteiger partial charge on any atom is 0.0967 e. The van der Waals surface area contributed by atoms with E-state index in [0.717, 1.165) is 5.92 Å². The highest BCUT2D eigenvalue weighted by Crippen LogP contribution is 2.42. The zero-order chi connectivity index (χ0) is 6.97. The minimum atomic E-state index is 0.825. The van der Waals surface area contributed by atoms with E-state index >= 15 is 0 Å². The molecule has 1 aliphatic carbocycles. The fraction of sp³-hybridized carbons (Fsp3) is 0.571. The first-order chi connectivity index (χ1) is 4.90. The molecule has 0 aromatic carbocycles. The maximum atomic E-state index is 4.35. The lowest BCUT2D eigenvalue weighted by molar-refractivity contribution is 1.08. The van der Waals surface area contributed by atoms with E-state index < -0.39 is 0 Å². The Labute approximate surface area is 68.9 Å². The number of hydrogen-bond acceptors (Lipinski definition) is 3. The lowest BCUT2D eigenvalue weighted by atomic mass is 10.5. The van der Waals surface area contributed by atoms with Crippen LogP contribution >= 0.6 is 23.1 Å². The molecule has 2 rings (SSSR count). The zero-order valence-electron chi connectivity index (χ0n) is 5.83. The van der Waals surface area contributed by atoms with Crippen LogP contribution in [0.4, 0.5) is 0 Å². The molecule has 0 N–H and O–H groups in total. The number of aromatic nitrogens is 1. The van der Waals surface area contributed by atoms with Crippen LogP contribution in [0.25, 0.3) is 0 Å². The number of nitrogens with zero attached hydrogens (tertiary/aromatic N) is 1. The lowest BCUT2D eigenvalue weighted by Gasteiger charge is -1.83. The number of hydrogen-bond donors (Lipinski definition) is 0. The molecule has 1 nitrogen and oxygen atoms in total. The van der Waals surface area contributed by atoms with Gasteiger partial charge in [-0.2, -0.15) is 0 Å². The fourth-order valence-corrected chi connectivity index (χ4v) is 2.45. The highest BCUT2D eigenvalue weighted by Gasteiger charge is 2.26. The van der Waals surface area contributed by atoms with E-state index in [1.165, 1.54) is 22.1 Å². The number of thiazole rings is 1. The predicted molar refractivity (Wildman–Crippen MR) is 45.9 cm³/mol. The molecule has 0 saturated heterocycles. The zero-order valence-corrected chi connectivity index (χ0v) is 7.47. The van der Waals surface area contributed by atoms with Crippen molar-refractivity contribution in [2.45, 2.75) is 23.0 Å². The third kappa shape index (κ3) is 1.20. The van der Waals surface area contributed by atoms with E-state index in [2.05, 4.69) is 11.2 Å². The molecule has 1 heterocycles. The second-order valence-corrected chi connectivity index (χ2v) is 4.66. The summed E-state index contributed by atoms with van der Waals surface area (Å²) in [5.74, 6) is 0.825. The van der Waals surface area contributed by atoms with Crippen LogP contribution in [0.3, 0.4) is 0 Å². The smallest absolute Gasteiger partial charge is 0.0967 e. The molecule has 1 aromatic heterocycles. The van der Waals surface area contributed by atoms with Crippen LogP contribution in [-0.4, -0.2) is 11.2 Å². The first-order valence-electron chi connectivity index (χ1n) is 3.40. The highest BCUT2D eigenvalue weighted by atomic mass is 32.2. The van der Waals surface area contributed by atoms with Gasteiger partial charge in [-0.05, 0) is 19.1 Å². The number of thioether (sulfide) groups is 1. The van der Waals surface area contributed by atoms with Crippen molar-refractivity contribution in [2.24, 2.45) is 0 Å². The molecule has 1 fully saturated rings. The van der Waals surface area contributed by atoms with Gasteiger partial charge in [-0.1, -0.05) is 0 Å². The van der Waals surface area contributed by atoms with Gasteiger partial charge >= 0.3 is 0 Å². The molecule has 54 valence electrons. The van der Waals surface area contributed by atoms with Gasteiger partial charge in [0.15, 0.2) is 0 Å². The van der Waals surface area contributed by atoms with Gasteiger partial charge in [-0.3, -0.25) is 0 Å². The van der Waals surface area contributed by atoms with Gasteiger partial charge in [0.05, 0.1) is 15.4 Å². The van der Waals surface area contributed by atoms with Gasteiger partial charge in [0.2, 0.25) is 0 Å². The molecule has 1 aliphatic rings. The molecule has 0 amide bonds. The minimum absolute atomic E-state index is 0.825. The SMILES string of the molecule is CSc1cnc(C2CC2)s1. The van der Waals surface area contributed by atoms with Gasteiger partial charge in [-0.15, -0.1) is 23.1 Å². The van der Waals surface area contributed by atoms with Gasteiger partial charge in [0.1, 0.15) is 0 Å². The van der Waals surface area contributed by atoms with Crippen molar-refractivity contribution in [1.29, 1.82) is 0 Å². The summed E-state index contributed by atoms with van der Waals surface area (Å²) in [6, 6.07) is 0. The molecule has 0 bridgehead atoms. The van der Waals surface area contributed by atoms with Crippen LogP contribution < -0.4 is 0 Å². The first-order valence-corrected chi connectivity index (χ1v) is 5.44. The van der Waals surface area contributed by atoms with E-state index in [0.29, 0.717) is 0 Å². The molecule has 1 aromatic rings. The first kappa shape index (κ1) is 6.68. The molecule has 0 radical (unpaired) electrons. The minimum Gasteiger partial charge on any atom is -0.248 e. The normalized spacial score (nSPS) is 17.7. The van der Waals surface area contributed by atoms with Crippen LogP contribution in [0, 0.1) is 0 Å². The van der Waals surface area contributed by atoms with Crippen molar-refractivity contribution in [3.05, 3.63) is 11.2 Å². The lowest BCUT2D eigenvalue weighted by Crippen LogP contribution is -1.70. The third-order valence-corrected chi connectivity index (χ3v) is 3.84. The van der Waals surface area contributed by atoms with Crippen LogP contribution in [-0.2, 0) is 0 Å². The van der Waals surface area contributed by atoms with Crippen molar-refractivity contribution in [3.63, 3.8) is 0 Å². The van der Waals surface area contributed by atoms with Crippen molar-refractivity contribution in [1.82, 2.24) is 4.98 Å². The largest absolute Gasteiger partial charge is 0.248 e. The summed E-state index contributed by atoms with van der Waals surface area (Å²) < 4.78 is 1.35. The predicted octanol–water partition coefficient (Wildman–Crippen LogP) is 2.74. The average molecular weight is 171 g/mol. The van der Waals surface area contributed by atoms with Crippen LogP contribution in [0.15, 0.2) is 10.4 Å². The average Bonchev–Trinajstić information content (AvgIpc) is 2.70. The molecule has 0 spiro atoms. The van der Waals surface area contributed by atoms with E-state index in [-0.39, 0.29) is 0 Å². The summed E-state index contributed by atoms with van der Waals surface area (Å²) in [4.78, 5) is 4.35. The molecule has 1 saturated carbocycles. The molecule has 0 atom stereocenters. The molecule has 10 heavy (non-hydrogen) atoms. The van der Waals surface area contributed by atoms with Crippen molar-refractivity contribution in [2.75, 3.05) is 6.26 Å². The standard InChI is InChI=1S/C7H9NS2/c1-9-6-4-8-7(10-6)5-2-3-5/h4-5H,2-3H2,1H3. The summed E-state index contributed by atoms with van der Waals surface area (Å²) in [6.45, 7) is 0. The molecule has 0 unspecified atom stereocenters. The van der Waals surface area contributed by atoms with E-state index in [9.17, 15) is 0 Å². The van der Waals surface area contributed by atoms with Crippen molar-refractivity contribution < 1.29 is 0 Å². The van der Waals surface area contributed by atoms with Crippen molar-refractivity contribution >= 4 is 23.1 Å². The van der Waals surface area contributed by atoms with Crippen LogP contribution in [0.1, 0.15) is 23.8 Å². The monoisotopic (exact) mass is 171 g/mol. The fourth-order valence-electron chi connectivity index (χ4n) is 0.885. The second kappa shape index (κ2) is 2.55.